The van der Waals surface area contributed by atoms with Crippen molar-refractivity contribution < 1.29 is 31.8 Å². The second-order valence-corrected chi connectivity index (χ2v) is 9.82. The quantitative estimate of drug-likeness (QED) is 0.226. The Kier molecular flexibility index (Phi) is 8.32. The number of aromatic nitrogens is 2. The minimum absolute atomic E-state index is 0.100. The Morgan fingerprint density at radius 2 is 1.66 bits per heavy atom. The van der Waals surface area contributed by atoms with Gasteiger partial charge >= 0.3 is 6.36 Å². The van der Waals surface area contributed by atoms with Crippen molar-refractivity contribution in [3.05, 3.63) is 83.9 Å². The molecule has 0 aliphatic carbocycles. The lowest BCUT2D eigenvalue weighted by Crippen LogP contribution is -2.49. The van der Waals surface area contributed by atoms with Gasteiger partial charge in [0.15, 0.2) is 0 Å². The standard InChI is InChI=1S/C30H30F4N4O3/c1-2-6-29(39)37-15-13-36(14-16-37)26-18-27-25(17-24(26)31)35-28(20-40-22-7-4-3-5-8-22)38(27)19-21-9-11-23(12-10-21)41-30(32,33)34/h3-5,7-12,17-18H,2,6,13-16,19-20H2,1H3. The zero-order valence-electron chi connectivity index (χ0n) is 22.5. The molecule has 216 valence electrons. The summed E-state index contributed by atoms with van der Waals surface area (Å²) >= 11 is 0. The average molecular weight is 571 g/mol. The Hall–Kier alpha value is -4.28. The number of rotatable bonds is 9. The van der Waals surface area contributed by atoms with Gasteiger partial charge in [-0.15, -0.1) is 13.2 Å². The maximum Gasteiger partial charge on any atom is 0.573 e. The van der Waals surface area contributed by atoms with E-state index < -0.39 is 12.2 Å². The van der Waals surface area contributed by atoms with E-state index in [0.717, 1.165) is 6.42 Å². The van der Waals surface area contributed by atoms with Gasteiger partial charge in [0, 0.05) is 45.2 Å². The van der Waals surface area contributed by atoms with Crippen LogP contribution in [0.5, 0.6) is 11.5 Å². The number of alkyl halides is 3. The molecule has 0 bridgehead atoms. The zero-order chi connectivity index (χ0) is 29.0. The molecule has 5 rings (SSSR count). The number of halogens is 4. The highest BCUT2D eigenvalue weighted by molar-refractivity contribution is 5.81. The van der Waals surface area contributed by atoms with Crippen molar-refractivity contribution in [3.63, 3.8) is 0 Å². The van der Waals surface area contributed by atoms with Crippen LogP contribution in [0.25, 0.3) is 11.0 Å². The summed E-state index contributed by atoms with van der Waals surface area (Å²) in [6.07, 6.45) is -3.50. The topological polar surface area (TPSA) is 59.8 Å². The molecule has 41 heavy (non-hydrogen) atoms. The number of anilines is 1. The highest BCUT2D eigenvalue weighted by Crippen LogP contribution is 2.30. The largest absolute Gasteiger partial charge is 0.573 e. The molecule has 11 heteroatoms. The maximum absolute atomic E-state index is 15.4. The summed E-state index contributed by atoms with van der Waals surface area (Å²) in [5.74, 6) is 0.550. The van der Waals surface area contributed by atoms with Crippen molar-refractivity contribution in [3.8, 4) is 11.5 Å². The Morgan fingerprint density at radius 3 is 2.32 bits per heavy atom. The second-order valence-electron chi connectivity index (χ2n) is 9.82. The number of benzene rings is 3. The van der Waals surface area contributed by atoms with Gasteiger partial charge in [-0.1, -0.05) is 37.3 Å². The molecule has 1 aromatic heterocycles. The lowest BCUT2D eigenvalue weighted by atomic mass is 10.2. The Labute approximate surface area is 234 Å². The smallest absolute Gasteiger partial charge is 0.486 e. The summed E-state index contributed by atoms with van der Waals surface area (Å²) in [4.78, 5) is 20.7. The minimum Gasteiger partial charge on any atom is -0.486 e. The molecule has 0 radical (unpaired) electrons. The summed E-state index contributed by atoms with van der Waals surface area (Å²) in [7, 11) is 0. The van der Waals surface area contributed by atoms with Crippen LogP contribution in [-0.4, -0.2) is 52.9 Å². The number of carbonyl (C=O) groups excluding carboxylic acids is 1. The average Bonchev–Trinajstić information content (AvgIpc) is 3.28. The molecule has 0 saturated carbocycles. The lowest BCUT2D eigenvalue weighted by Gasteiger charge is -2.36. The van der Waals surface area contributed by atoms with E-state index in [4.69, 9.17) is 4.74 Å². The molecular formula is C30H30F4N4O3. The normalized spacial score (nSPS) is 14.0. The van der Waals surface area contributed by atoms with E-state index in [1.807, 2.05) is 51.6 Å². The number of carbonyl (C=O) groups is 1. The Bertz CT molecular complexity index is 1480. The van der Waals surface area contributed by atoms with E-state index in [2.05, 4.69) is 9.72 Å². The monoisotopic (exact) mass is 570 g/mol. The molecule has 1 aliphatic rings. The predicted octanol–water partition coefficient (Wildman–Crippen LogP) is 6.15. The number of fused-ring (bicyclic) bond motifs is 1. The van der Waals surface area contributed by atoms with Crippen molar-refractivity contribution >= 4 is 22.6 Å². The molecular weight excluding hydrogens is 540 g/mol. The molecule has 1 fully saturated rings. The first-order valence-electron chi connectivity index (χ1n) is 13.4. The van der Waals surface area contributed by atoms with Crippen molar-refractivity contribution in [2.45, 2.75) is 39.3 Å². The number of hydrogen-bond acceptors (Lipinski definition) is 5. The fraction of sp³-hybridized carbons (Fsp3) is 0.333. The third-order valence-corrected chi connectivity index (χ3v) is 6.94. The molecule has 7 nitrogen and oxygen atoms in total. The molecule has 2 heterocycles. The van der Waals surface area contributed by atoms with Crippen LogP contribution in [0.2, 0.25) is 0 Å². The van der Waals surface area contributed by atoms with Crippen LogP contribution >= 0.6 is 0 Å². The predicted molar refractivity (Wildman–Crippen MR) is 146 cm³/mol. The van der Waals surface area contributed by atoms with E-state index in [1.54, 1.807) is 18.2 Å². The lowest BCUT2D eigenvalue weighted by molar-refractivity contribution is -0.274. The third-order valence-electron chi connectivity index (χ3n) is 6.94. The Morgan fingerprint density at radius 1 is 0.951 bits per heavy atom. The Balaban J connectivity index is 1.44. The number of para-hydroxylation sites is 1. The van der Waals surface area contributed by atoms with Crippen molar-refractivity contribution in [2.75, 3.05) is 31.1 Å². The van der Waals surface area contributed by atoms with Crippen molar-refractivity contribution in [2.24, 2.45) is 0 Å². The number of nitrogens with zero attached hydrogens (tertiary/aromatic N) is 4. The SMILES string of the molecule is CCCC(=O)N1CCN(c2cc3c(cc2F)nc(COc2ccccc2)n3Cc2ccc(OC(F)(F)F)cc2)CC1. The first-order chi connectivity index (χ1) is 19.7. The van der Waals surface area contributed by atoms with Gasteiger partial charge in [-0.3, -0.25) is 4.79 Å². The van der Waals surface area contributed by atoms with Crippen LogP contribution in [0, 0.1) is 5.82 Å². The van der Waals surface area contributed by atoms with E-state index in [1.165, 1.54) is 18.2 Å². The molecule has 1 amide bonds. The van der Waals surface area contributed by atoms with E-state index in [0.29, 0.717) is 66.5 Å². The summed E-state index contributed by atoms with van der Waals surface area (Å²) in [6.45, 7) is 4.35. The van der Waals surface area contributed by atoms with Gasteiger partial charge in [0.1, 0.15) is 29.7 Å². The van der Waals surface area contributed by atoms with Gasteiger partial charge in [-0.25, -0.2) is 9.37 Å². The fourth-order valence-electron chi connectivity index (χ4n) is 4.93. The second kappa shape index (κ2) is 12.1. The maximum atomic E-state index is 15.4. The molecule has 1 saturated heterocycles. The zero-order valence-corrected chi connectivity index (χ0v) is 22.5. The number of ether oxygens (including phenoxy) is 2. The van der Waals surface area contributed by atoms with Gasteiger partial charge in [-0.05, 0) is 42.3 Å². The molecule has 3 aromatic carbocycles. The first kappa shape index (κ1) is 28.3. The molecule has 4 aromatic rings. The first-order valence-corrected chi connectivity index (χ1v) is 13.4. The highest BCUT2D eigenvalue weighted by atomic mass is 19.4. The van der Waals surface area contributed by atoms with Crippen LogP contribution in [0.3, 0.4) is 0 Å². The molecule has 0 spiro atoms. The molecule has 1 aliphatic heterocycles. The third kappa shape index (κ3) is 6.90. The van der Waals surface area contributed by atoms with Gasteiger partial charge < -0.3 is 23.8 Å². The van der Waals surface area contributed by atoms with Gasteiger partial charge in [0.25, 0.3) is 0 Å². The number of imidazole rings is 1. The summed E-state index contributed by atoms with van der Waals surface area (Å²) in [5.41, 5.74) is 2.21. The molecule has 0 N–H and O–H groups in total. The van der Waals surface area contributed by atoms with Crippen molar-refractivity contribution in [1.82, 2.24) is 14.5 Å². The summed E-state index contributed by atoms with van der Waals surface area (Å²) in [6, 6.07) is 17.9. The summed E-state index contributed by atoms with van der Waals surface area (Å²) in [5, 5.41) is 0. The molecule has 0 unspecified atom stereocenters. The number of hydrogen-bond donors (Lipinski definition) is 0. The summed E-state index contributed by atoms with van der Waals surface area (Å²) < 4.78 is 65.0. The van der Waals surface area contributed by atoms with E-state index >= 15 is 4.39 Å². The van der Waals surface area contributed by atoms with Gasteiger partial charge in [-0.2, -0.15) is 0 Å². The fourth-order valence-corrected chi connectivity index (χ4v) is 4.93. The minimum atomic E-state index is -4.78. The van der Waals surface area contributed by atoms with Crippen molar-refractivity contribution in [1.29, 1.82) is 0 Å². The molecule has 0 atom stereocenters. The van der Waals surface area contributed by atoms with Gasteiger partial charge in [0.2, 0.25) is 5.91 Å². The van der Waals surface area contributed by atoms with Crippen LogP contribution in [0.15, 0.2) is 66.7 Å². The van der Waals surface area contributed by atoms with E-state index in [-0.39, 0.29) is 24.8 Å². The highest BCUT2D eigenvalue weighted by Gasteiger charge is 2.31. The van der Waals surface area contributed by atoms with Crippen LogP contribution in [-0.2, 0) is 17.9 Å². The van der Waals surface area contributed by atoms with Crippen LogP contribution in [0.1, 0.15) is 31.2 Å². The van der Waals surface area contributed by atoms with Gasteiger partial charge in [0.05, 0.1) is 16.7 Å². The van der Waals surface area contributed by atoms with Crippen LogP contribution < -0.4 is 14.4 Å². The van der Waals surface area contributed by atoms with E-state index in [9.17, 15) is 18.0 Å². The van der Waals surface area contributed by atoms with Crippen LogP contribution in [0.4, 0.5) is 23.2 Å². The number of amides is 1. The number of piperazine rings is 1.